The molecule has 0 radical (unpaired) electrons. The minimum Gasteiger partial charge on any atom is -0.446 e. The number of hydrogen-bond donors (Lipinski definition) is 2. The van der Waals surface area contributed by atoms with Crippen molar-refractivity contribution in [2.45, 2.75) is 12.3 Å². The molecule has 0 unspecified atom stereocenters. The maximum absolute atomic E-state index is 13.7. The van der Waals surface area contributed by atoms with Gasteiger partial charge in [0.2, 0.25) is 6.10 Å². The molecule has 0 aromatic heterocycles. The van der Waals surface area contributed by atoms with Crippen LogP contribution in [-0.2, 0) is 20.5 Å². The topological polar surface area (TPSA) is 84.5 Å². The van der Waals surface area contributed by atoms with Gasteiger partial charge in [-0.1, -0.05) is 54.1 Å². The summed E-state index contributed by atoms with van der Waals surface area (Å²) >= 11 is 5.93. The van der Waals surface area contributed by atoms with Gasteiger partial charge >= 0.3 is 12.1 Å². The van der Waals surface area contributed by atoms with Crippen molar-refractivity contribution in [3.63, 3.8) is 0 Å². The molecule has 0 aliphatic rings. The van der Waals surface area contributed by atoms with E-state index in [1.54, 1.807) is 18.2 Å². The van der Waals surface area contributed by atoms with Crippen LogP contribution in [0.15, 0.2) is 72.8 Å². The van der Waals surface area contributed by atoms with Gasteiger partial charge in [-0.2, -0.15) is 13.2 Å². The number of esters is 1. The van der Waals surface area contributed by atoms with E-state index in [1.165, 1.54) is 30.3 Å². The van der Waals surface area contributed by atoms with Gasteiger partial charge in [-0.25, -0.2) is 4.39 Å². The number of nitrogens with one attached hydrogen (secondary N) is 2. The number of anilines is 1. The lowest BCUT2D eigenvalue weighted by Crippen LogP contribution is -2.34. The van der Waals surface area contributed by atoms with Crippen molar-refractivity contribution in [1.82, 2.24) is 5.32 Å². The molecule has 0 spiro atoms. The van der Waals surface area contributed by atoms with Gasteiger partial charge in [0, 0.05) is 5.56 Å². The van der Waals surface area contributed by atoms with Crippen LogP contribution >= 0.6 is 11.6 Å². The molecule has 6 nitrogen and oxygen atoms in total. The van der Waals surface area contributed by atoms with Gasteiger partial charge in [-0.05, 0) is 30.3 Å². The van der Waals surface area contributed by atoms with Crippen LogP contribution in [0.1, 0.15) is 27.6 Å². The summed E-state index contributed by atoms with van der Waals surface area (Å²) in [6, 6.07) is 15.2. The van der Waals surface area contributed by atoms with Crippen molar-refractivity contribution in [3.8, 4) is 0 Å². The number of hydrogen-bond acceptors (Lipinski definition) is 4. The van der Waals surface area contributed by atoms with Crippen LogP contribution in [0.4, 0.5) is 23.2 Å². The maximum atomic E-state index is 13.7. The maximum Gasteiger partial charge on any atom is 0.416 e. The van der Waals surface area contributed by atoms with Gasteiger partial charge in [0.1, 0.15) is 12.4 Å². The molecule has 1 atom stereocenters. The van der Waals surface area contributed by atoms with E-state index >= 15 is 0 Å². The summed E-state index contributed by atoms with van der Waals surface area (Å²) in [7, 11) is 0. The third-order valence-corrected chi connectivity index (χ3v) is 4.98. The molecule has 0 saturated heterocycles. The van der Waals surface area contributed by atoms with Crippen LogP contribution in [0.3, 0.4) is 0 Å². The Morgan fingerprint density at radius 3 is 2.26 bits per heavy atom. The van der Waals surface area contributed by atoms with E-state index in [-0.39, 0.29) is 21.8 Å². The number of carbonyl (C=O) groups excluding carboxylic acids is 3. The molecule has 182 valence electrons. The quantitative estimate of drug-likeness (QED) is 0.341. The Labute approximate surface area is 201 Å². The first-order chi connectivity index (χ1) is 16.6. The van der Waals surface area contributed by atoms with Crippen LogP contribution < -0.4 is 10.6 Å². The SMILES string of the molecule is O=C(CNC(=O)c1ccccc1F)O[C@H](C(=O)Nc1cc(C(F)(F)F)ccc1Cl)c1ccccc1. The Hall–Kier alpha value is -3.92. The summed E-state index contributed by atoms with van der Waals surface area (Å²) in [6.07, 6.45) is -6.26. The van der Waals surface area contributed by atoms with Crippen molar-refractivity contribution in [2.24, 2.45) is 0 Å². The average molecular weight is 509 g/mol. The number of halogens is 5. The van der Waals surface area contributed by atoms with E-state index < -0.39 is 48.0 Å². The van der Waals surface area contributed by atoms with Crippen molar-refractivity contribution in [3.05, 3.63) is 100 Å². The van der Waals surface area contributed by atoms with Gasteiger partial charge in [0.25, 0.3) is 11.8 Å². The van der Waals surface area contributed by atoms with Crippen molar-refractivity contribution >= 4 is 35.1 Å². The molecular formula is C24H17ClF4N2O4. The standard InChI is InChI=1S/C24H17ClF4N2O4/c25-17-11-10-15(24(27,28)29)12-19(17)31-23(34)21(14-6-2-1-3-7-14)35-20(32)13-30-22(33)16-8-4-5-9-18(16)26/h1-12,21H,13H2,(H,30,33)(H,31,34)/t21-/m0/s1. The molecule has 0 heterocycles. The monoisotopic (exact) mass is 508 g/mol. The zero-order chi connectivity index (χ0) is 25.6. The fourth-order valence-electron chi connectivity index (χ4n) is 2.96. The van der Waals surface area contributed by atoms with Gasteiger partial charge < -0.3 is 15.4 Å². The number of ether oxygens (including phenoxy) is 1. The molecule has 2 amide bonds. The number of alkyl halides is 3. The lowest BCUT2D eigenvalue weighted by molar-refractivity contribution is -0.153. The van der Waals surface area contributed by atoms with Gasteiger partial charge in [-0.3, -0.25) is 14.4 Å². The molecule has 3 aromatic rings. The van der Waals surface area contributed by atoms with Gasteiger partial charge in [0.15, 0.2) is 0 Å². The summed E-state index contributed by atoms with van der Waals surface area (Å²) in [5.74, 6) is -3.70. The predicted octanol–water partition coefficient (Wildman–Crippen LogP) is 5.15. The normalized spacial score (nSPS) is 11.9. The minimum atomic E-state index is -4.67. The Kier molecular flexibility index (Phi) is 8.08. The lowest BCUT2D eigenvalue weighted by Gasteiger charge is -2.19. The Balaban J connectivity index is 1.75. The number of amides is 2. The Morgan fingerprint density at radius 1 is 0.943 bits per heavy atom. The first-order valence-electron chi connectivity index (χ1n) is 10.0. The van der Waals surface area contributed by atoms with Crippen molar-refractivity contribution in [2.75, 3.05) is 11.9 Å². The Bertz CT molecular complexity index is 1240. The van der Waals surface area contributed by atoms with E-state index in [2.05, 4.69) is 10.6 Å². The Morgan fingerprint density at radius 2 is 1.60 bits per heavy atom. The molecule has 0 aliphatic heterocycles. The smallest absolute Gasteiger partial charge is 0.416 e. The minimum absolute atomic E-state index is 0.165. The third kappa shape index (κ3) is 6.80. The molecule has 3 rings (SSSR count). The van der Waals surface area contributed by atoms with E-state index in [1.807, 2.05) is 0 Å². The van der Waals surface area contributed by atoms with Crippen molar-refractivity contribution < 1.29 is 36.7 Å². The lowest BCUT2D eigenvalue weighted by atomic mass is 10.1. The van der Waals surface area contributed by atoms with Crippen LogP contribution in [0.2, 0.25) is 5.02 Å². The largest absolute Gasteiger partial charge is 0.446 e. The number of rotatable bonds is 7. The molecule has 3 aromatic carbocycles. The number of carbonyl (C=O) groups is 3. The van der Waals surface area contributed by atoms with Crippen LogP contribution in [-0.4, -0.2) is 24.3 Å². The second-order valence-corrected chi connectivity index (χ2v) is 7.53. The molecule has 35 heavy (non-hydrogen) atoms. The van der Waals surface area contributed by atoms with E-state index in [4.69, 9.17) is 16.3 Å². The van der Waals surface area contributed by atoms with E-state index in [0.29, 0.717) is 6.07 Å². The highest BCUT2D eigenvalue weighted by Crippen LogP contribution is 2.34. The summed E-state index contributed by atoms with van der Waals surface area (Å²) in [5, 5.41) is 4.26. The number of benzene rings is 3. The highest BCUT2D eigenvalue weighted by Gasteiger charge is 2.32. The molecule has 0 aliphatic carbocycles. The zero-order valence-electron chi connectivity index (χ0n) is 17.7. The fraction of sp³-hybridized carbons (Fsp3) is 0.125. The second kappa shape index (κ2) is 11.0. The third-order valence-electron chi connectivity index (χ3n) is 4.65. The highest BCUT2D eigenvalue weighted by atomic mass is 35.5. The van der Waals surface area contributed by atoms with Crippen LogP contribution in [0.25, 0.3) is 0 Å². The second-order valence-electron chi connectivity index (χ2n) is 7.12. The molecule has 11 heteroatoms. The fourth-order valence-corrected chi connectivity index (χ4v) is 3.13. The van der Waals surface area contributed by atoms with Crippen LogP contribution in [0, 0.1) is 5.82 Å². The molecule has 0 saturated carbocycles. The molecule has 0 bridgehead atoms. The van der Waals surface area contributed by atoms with Crippen molar-refractivity contribution in [1.29, 1.82) is 0 Å². The average Bonchev–Trinajstić information content (AvgIpc) is 2.82. The van der Waals surface area contributed by atoms with Gasteiger partial charge in [0.05, 0.1) is 21.8 Å². The predicted molar refractivity (Wildman–Crippen MR) is 119 cm³/mol. The van der Waals surface area contributed by atoms with E-state index in [0.717, 1.165) is 18.2 Å². The van der Waals surface area contributed by atoms with E-state index in [9.17, 15) is 31.9 Å². The highest BCUT2D eigenvalue weighted by molar-refractivity contribution is 6.33. The molecule has 0 fully saturated rings. The summed E-state index contributed by atoms with van der Waals surface area (Å²) in [5.41, 5.74) is -1.46. The van der Waals surface area contributed by atoms with Gasteiger partial charge in [-0.15, -0.1) is 0 Å². The zero-order valence-corrected chi connectivity index (χ0v) is 18.5. The molecular weight excluding hydrogens is 492 g/mol. The summed E-state index contributed by atoms with van der Waals surface area (Å²) in [4.78, 5) is 37.4. The first kappa shape index (κ1) is 25.7. The van der Waals surface area contributed by atoms with Crippen LogP contribution in [0.5, 0.6) is 0 Å². The molecule has 2 N–H and O–H groups in total. The first-order valence-corrected chi connectivity index (χ1v) is 10.4. The summed E-state index contributed by atoms with van der Waals surface area (Å²) in [6.45, 7) is -0.700. The summed E-state index contributed by atoms with van der Waals surface area (Å²) < 4.78 is 58.1.